The molecule has 0 heterocycles. The van der Waals surface area contributed by atoms with Crippen molar-refractivity contribution in [3.63, 3.8) is 0 Å². The lowest BCUT2D eigenvalue weighted by atomic mass is 10.0. The minimum atomic E-state index is 0.600. The number of hydrogen-bond acceptors (Lipinski definition) is 3. The van der Waals surface area contributed by atoms with Crippen LogP contribution in [-0.4, -0.2) is 0 Å². The summed E-state index contributed by atoms with van der Waals surface area (Å²) in [5.41, 5.74) is 15.4. The summed E-state index contributed by atoms with van der Waals surface area (Å²) in [5, 5.41) is 0. The fourth-order valence-electron chi connectivity index (χ4n) is 2.19. The molecule has 21 heavy (non-hydrogen) atoms. The lowest BCUT2D eigenvalue weighted by Gasteiger charge is -2.11. The molecule has 0 amide bonds. The van der Waals surface area contributed by atoms with Gasteiger partial charge in [0, 0.05) is 17.3 Å². The van der Waals surface area contributed by atoms with Crippen LogP contribution in [0.25, 0.3) is 11.1 Å². The maximum Gasteiger partial charge on any atom is 0.150 e. The van der Waals surface area contributed by atoms with Gasteiger partial charge in [-0.05, 0) is 29.8 Å². The summed E-state index contributed by atoms with van der Waals surface area (Å²) in [6.45, 7) is 0. The molecule has 3 aromatic rings. The van der Waals surface area contributed by atoms with Crippen LogP contribution < -0.4 is 16.2 Å². The first-order valence-corrected chi connectivity index (χ1v) is 6.71. The van der Waals surface area contributed by atoms with Gasteiger partial charge in [-0.1, -0.05) is 42.5 Å². The van der Waals surface area contributed by atoms with Crippen molar-refractivity contribution < 1.29 is 4.74 Å². The van der Waals surface area contributed by atoms with Gasteiger partial charge in [-0.2, -0.15) is 0 Å². The van der Waals surface area contributed by atoms with Gasteiger partial charge in [0.2, 0.25) is 0 Å². The van der Waals surface area contributed by atoms with E-state index < -0.39 is 0 Å². The van der Waals surface area contributed by atoms with E-state index in [0.717, 1.165) is 11.1 Å². The second-order valence-electron chi connectivity index (χ2n) is 4.75. The molecule has 0 spiro atoms. The molecule has 3 nitrogen and oxygen atoms in total. The molecule has 3 rings (SSSR count). The van der Waals surface area contributed by atoms with Gasteiger partial charge >= 0.3 is 0 Å². The molecular weight excluding hydrogens is 260 g/mol. The molecule has 0 aromatic heterocycles. The summed E-state index contributed by atoms with van der Waals surface area (Å²) >= 11 is 0. The highest BCUT2D eigenvalue weighted by Crippen LogP contribution is 2.32. The molecular formula is C18H16N2O. The maximum atomic E-state index is 6.13. The van der Waals surface area contributed by atoms with Crippen LogP contribution in [0.1, 0.15) is 0 Å². The molecule has 0 bridgehead atoms. The minimum absolute atomic E-state index is 0.600. The van der Waals surface area contributed by atoms with E-state index >= 15 is 0 Å². The Labute approximate surface area is 123 Å². The van der Waals surface area contributed by atoms with Crippen LogP contribution in [0, 0.1) is 0 Å². The van der Waals surface area contributed by atoms with Gasteiger partial charge in [0.1, 0.15) is 11.5 Å². The molecule has 0 aliphatic heterocycles. The quantitative estimate of drug-likeness (QED) is 0.701. The molecule has 0 saturated heterocycles. The van der Waals surface area contributed by atoms with Crippen LogP contribution in [0.15, 0.2) is 72.8 Å². The van der Waals surface area contributed by atoms with E-state index in [2.05, 4.69) is 0 Å². The number of nitrogens with two attached hydrogens (primary N) is 2. The fourth-order valence-corrected chi connectivity index (χ4v) is 2.19. The van der Waals surface area contributed by atoms with Crippen molar-refractivity contribution in [2.24, 2.45) is 0 Å². The molecule has 0 atom stereocenters. The zero-order valence-electron chi connectivity index (χ0n) is 11.5. The molecule has 4 N–H and O–H groups in total. The highest BCUT2D eigenvalue weighted by molar-refractivity contribution is 5.77. The SMILES string of the molecule is Nc1ccccc1Oc1ccc(-c2ccccc2)c(N)c1. The van der Waals surface area contributed by atoms with Crippen LogP contribution >= 0.6 is 0 Å². The number of ether oxygens (including phenoxy) is 1. The third-order valence-electron chi connectivity index (χ3n) is 3.25. The molecule has 0 fully saturated rings. The first-order chi connectivity index (χ1) is 10.2. The average Bonchev–Trinajstić information content (AvgIpc) is 2.51. The van der Waals surface area contributed by atoms with Crippen LogP contribution in [0.3, 0.4) is 0 Å². The second-order valence-corrected chi connectivity index (χ2v) is 4.75. The van der Waals surface area contributed by atoms with Crippen LogP contribution in [0.5, 0.6) is 11.5 Å². The van der Waals surface area contributed by atoms with Crippen LogP contribution in [-0.2, 0) is 0 Å². The molecule has 0 aliphatic rings. The standard InChI is InChI=1S/C18H16N2O/c19-16-8-4-5-9-18(16)21-14-10-11-15(17(20)12-14)13-6-2-1-3-7-13/h1-12H,19-20H2. The minimum Gasteiger partial charge on any atom is -0.455 e. The number of benzene rings is 3. The summed E-state index contributed by atoms with van der Waals surface area (Å²) < 4.78 is 5.78. The summed E-state index contributed by atoms with van der Waals surface area (Å²) in [4.78, 5) is 0. The highest BCUT2D eigenvalue weighted by Gasteiger charge is 2.06. The summed E-state index contributed by atoms with van der Waals surface area (Å²) in [6.07, 6.45) is 0. The predicted octanol–water partition coefficient (Wildman–Crippen LogP) is 4.31. The largest absolute Gasteiger partial charge is 0.455 e. The molecule has 0 saturated carbocycles. The molecule has 0 unspecified atom stereocenters. The monoisotopic (exact) mass is 276 g/mol. The van der Waals surface area contributed by atoms with Crippen molar-refractivity contribution in [3.8, 4) is 22.6 Å². The highest BCUT2D eigenvalue weighted by atomic mass is 16.5. The number of nitrogen functional groups attached to an aromatic ring is 2. The Bertz CT molecular complexity index is 754. The Kier molecular flexibility index (Phi) is 3.48. The lowest BCUT2D eigenvalue weighted by Crippen LogP contribution is -1.94. The van der Waals surface area contributed by atoms with Crippen molar-refractivity contribution in [3.05, 3.63) is 72.8 Å². The Morgan fingerprint density at radius 3 is 2.10 bits per heavy atom. The molecule has 3 aromatic carbocycles. The number of anilines is 2. The van der Waals surface area contributed by atoms with Crippen LogP contribution in [0.2, 0.25) is 0 Å². The number of hydrogen-bond donors (Lipinski definition) is 2. The molecule has 0 aliphatic carbocycles. The third kappa shape index (κ3) is 2.82. The summed E-state index contributed by atoms with van der Waals surface area (Å²) in [7, 11) is 0. The Hall–Kier alpha value is -2.94. The van der Waals surface area contributed by atoms with E-state index in [4.69, 9.17) is 16.2 Å². The van der Waals surface area contributed by atoms with Crippen molar-refractivity contribution in [2.45, 2.75) is 0 Å². The first-order valence-electron chi connectivity index (χ1n) is 6.71. The van der Waals surface area contributed by atoms with E-state index in [1.54, 1.807) is 6.07 Å². The van der Waals surface area contributed by atoms with E-state index in [0.29, 0.717) is 22.9 Å². The summed E-state index contributed by atoms with van der Waals surface area (Å²) in [6, 6.07) is 23.1. The zero-order valence-corrected chi connectivity index (χ0v) is 11.5. The smallest absolute Gasteiger partial charge is 0.150 e. The van der Waals surface area contributed by atoms with Crippen molar-refractivity contribution in [2.75, 3.05) is 11.5 Å². The normalized spacial score (nSPS) is 10.3. The lowest BCUT2D eigenvalue weighted by molar-refractivity contribution is 0.485. The maximum absolute atomic E-state index is 6.13. The van der Waals surface area contributed by atoms with E-state index in [1.807, 2.05) is 66.7 Å². The van der Waals surface area contributed by atoms with Gasteiger partial charge in [-0.3, -0.25) is 0 Å². The van der Waals surface area contributed by atoms with Crippen molar-refractivity contribution in [1.82, 2.24) is 0 Å². The number of rotatable bonds is 3. The topological polar surface area (TPSA) is 61.3 Å². The Morgan fingerprint density at radius 2 is 1.38 bits per heavy atom. The third-order valence-corrected chi connectivity index (χ3v) is 3.25. The predicted molar refractivity (Wildman–Crippen MR) is 87.2 cm³/mol. The van der Waals surface area contributed by atoms with E-state index in [9.17, 15) is 0 Å². The van der Waals surface area contributed by atoms with Gasteiger partial charge in [0.05, 0.1) is 5.69 Å². The second kappa shape index (κ2) is 5.59. The van der Waals surface area contributed by atoms with Gasteiger partial charge in [0.15, 0.2) is 0 Å². The van der Waals surface area contributed by atoms with Crippen LogP contribution in [0.4, 0.5) is 11.4 Å². The summed E-state index contributed by atoms with van der Waals surface area (Å²) in [5.74, 6) is 1.30. The van der Waals surface area contributed by atoms with E-state index in [1.165, 1.54) is 0 Å². The molecule has 3 heteroatoms. The van der Waals surface area contributed by atoms with E-state index in [-0.39, 0.29) is 0 Å². The zero-order chi connectivity index (χ0) is 14.7. The van der Waals surface area contributed by atoms with Gasteiger partial charge in [0.25, 0.3) is 0 Å². The average molecular weight is 276 g/mol. The molecule has 0 radical (unpaired) electrons. The molecule has 104 valence electrons. The van der Waals surface area contributed by atoms with Gasteiger partial charge < -0.3 is 16.2 Å². The van der Waals surface area contributed by atoms with Crippen molar-refractivity contribution >= 4 is 11.4 Å². The Balaban J connectivity index is 1.90. The first kappa shape index (κ1) is 13.1. The van der Waals surface area contributed by atoms with Crippen molar-refractivity contribution in [1.29, 1.82) is 0 Å². The number of para-hydroxylation sites is 2. The van der Waals surface area contributed by atoms with Gasteiger partial charge in [-0.15, -0.1) is 0 Å². The Morgan fingerprint density at radius 1 is 0.667 bits per heavy atom. The van der Waals surface area contributed by atoms with Gasteiger partial charge in [-0.25, -0.2) is 0 Å². The fraction of sp³-hybridized carbons (Fsp3) is 0.